The molecule has 0 N–H and O–H groups in total. The number of likely N-dealkylation sites (tertiary alicyclic amines) is 1. The zero-order chi connectivity index (χ0) is 13.8. The molecular weight excluding hydrogens is 236 g/mol. The molecule has 0 radical (unpaired) electrons. The molecule has 0 amide bonds. The Kier molecular flexibility index (Phi) is 4.44. The Morgan fingerprint density at radius 3 is 2.84 bits per heavy atom. The lowest BCUT2D eigenvalue weighted by atomic mass is 9.94. The van der Waals surface area contributed by atoms with Crippen molar-refractivity contribution in [1.82, 2.24) is 4.90 Å². The third-order valence-corrected chi connectivity index (χ3v) is 4.02. The SMILES string of the molecule is COc1cc(CN2CC(C)CCC2C)ccc1C#N. The number of hydrogen-bond acceptors (Lipinski definition) is 3. The van der Waals surface area contributed by atoms with E-state index < -0.39 is 0 Å². The molecule has 0 spiro atoms. The van der Waals surface area contributed by atoms with Crippen LogP contribution in [0.25, 0.3) is 0 Å². The van der Waals surface area contributed by atoms with Gasteiger partial charge in [0.15, 0.2) is 0 Å². The summed E-state index contributed by atoms with van der Waals surface area (Å²) in [4.78, 5) is 2.52. The summed E-state index contributed by atoms with van der Waals surface area (Å²) in [5.74, 6) is 1.45. The van der Waals surface area contributed by atoms with E-state index in [1.807, 2.05) is 18.2 Å². The van der Waals surface area contributed by atoms with Crippen LogP contribution in [0.3, 0.4) is 0 Å². The van der Waals surface area contributed by atoms with Gasteiger partial charge in [0.2, 0.25) is 0 Å². The van der Waals surface area contributed by atoms with Gasteiger partial charge in [-0.05, 0) is 43.4 Å². The van der Waals surface area contributed by atoms with E-state index in [9.17, 15) is 0 Å². The van der Waals surface area contributed by atoms with Crippen LogP contribution in [0, 0.1) is 17.2 Å². The number of nitriles is 1. The molecule has 1 saturated heterocycles. The first kappa shape index (κ1) is 13.9. The predicted molar refractivity (Wildman–Crippen MR) is 76.0 cm³/mol. The van der Waals surface area contributed by atoms with Gasteiger partial charge in [0.1, 0.15) is 11.8 Å². The number of piperidine rings is 1. The minimum absolute atomic E-state index is 0.603. The van der Waals surface area contributed by atoms with E-state index in [-0.39, 0.29) is 0 Å². The van der Waals surface area contributed by atoms with Crippen LogP contribution in [0.15, 0.2) is 18.2 Å². The van der Waals surface area contributed by atoms with E-state index in [4.69, 9.17) is 10.00 Å². The largest absolute Gasteiger partial charge is 0.495 e. The standard InChI is InChI=1S/C16H22N2O/c1-12-4-5-13(2)18(10-12)11-14-6-7-15(9-17)16(8-14)19-3/h6-8,12-13H,4-5,10-11H2,1-3H3. The van der Waals surface area contributed by atoms with Gasteiger partial charge in [-0.3, -0.25) is 4.90 Å². The number of hydrogen-bond donors (Lipinski definition) is 0. The summed E-state index contributed by atoms with van der Waals surface area (Å²) in [6.07, 6.45) is 2.60. The van der Waals surface area contributed by atoms with Crippen LogP contribution in [0.5, 0.6) is 5.75 Å². The Hall–Kier alpha value is -1.53. The maximum atomic E-state index is 9.00. The highest BCUT2D eigenvalue weighted by molar-refractivity contribution is 5.45. The Morgan fingerprint density at radius 1 is 1.37 bits per heavy atom. The number of rotatable bonds is 3. The number of methoxy groups -OCH3 is 1. The number of nitrogens with zero attached hydrogens (tertiary/aromatic N) is 2. The van der Waals surface area contributed by atoms with Gasteiger partial charge in [0.25, 0.3) is 0 Å². The van der Waals surface area contributed by atoms with Crippen LogP contribution >= 0.6 is 0 Å². The van der Waals surface area contributed by atoms with Gasteiger partial charge in [0.05, 0.1) is 12.7 Å². The molecule has 2 rings (SSSR count). The van der Waals surface area contributed by atoms with Gasteiger partial charge in [0, 0.05) is 19.1 Å². The summed E-state index contributed by atoms with van der Waals surface area (Å²) in [7, 11) is 1.62. The van der Waals surface area contributed by atoms with Crippen molar-refractivity contribution >= 4 is 0 Å². The molecule has 1 fully saturated rings. The molecular formula is C16H22N2O. The highest BCUT2D eigenvalue weighted by Crippen LogP contribution is 2.25. The molecule has 0 aliphatic carbocycles. The molecule has 3 nitrogen and oxygen atoms in total. The molecule has 1 aliphatic heterocycles. The Balaban J connectivity index is 2.12. The first-order chi connectivity index (χ1) is 9.13. The molecule has 19 heavy (non-hydrogen) atoms. The van der Waals surface area contributed by atoms with Gasteiger partial charge >= 0.3 is 0 Å². The summed E-state index contributed by atoms with van der Waals surface area (Å²) in [5, 5.41) is 9.00. The Bertz CT molecular complexity index is 478. The molecule has 3 heteroatoms. The quantitative estimate of drug-likeness (QED) is 0.835. The fourth-order valence-corrected chi connectivity index (χ4v) is 2.76. The lowest BCUT2D eigenvalue weighted by molar-refractivity contribution is 0.117. The molecule has 0 saturated carbocycles. The second kappa shape index (κ2) is 6.08. The zero-order valence-electron chi connectivity index (χ0n) is 12.0. The van der Waals surface area contributed by atoms with Crippen LogP contribution in [0.1, 0.15) is 37.8 Å². The topological polar surface area (TPSA) is 36.3 Å². The summed E-state index contributed by atoms with van der Waals surface area (Å²) >= 11 is 0. The van der Waals surface area contributed by atoms with Crippen molar-refractivity contribution in [2.45, 2.75) is 39.3 Å². The summed E-state index contributed by atoms with van der Waals surface area (Å²) in [6, 6.07) is 8.67. The van der Waals surface area contributed by atoms with Gasteiger partial charge < -0.3 is 4.74 Å². The normalized spacial score (nSPS) is 23.9. The third kappa shape index (κ3) is 3.27. The molecule has 0 bridgehead atoms. The van der Waals surface area contributed by atoms with Crippen molar-refractivity contribution in [3.8, 4) is 11.8 Å². The van der Waals surface area contributed by atoms with Gasteiger partial charge in [-0.15, -0.1) is 0 Å². The minimum Gasteiger partial charge on any atom is -0.495 e. The number of ether oxygens (including phenoxy) is 1. The van der Waals surface area contributed by atoms with E-state index in [1.54, 1.807) is 7.11 Å². The van der Waals surface area contributed by atoms with E-state index >= 15 is 0 Å². The summed E-state index contributed by atoms with van der Waals surface area (Å²) < 4.78 is 5.27. The lowest BCUT2D eigenvalue weighted by Crippen LogP contribution is -2.40. The van der Waals surface area contributed by atoms with Gasteiger partial charge in [-0.2, -0.15) is 5.26 Å². The molecule has 2 atom stereocenters. The van der Waals surface area contributed by atoms with Crippen LogP contribution < -0.4 is 4.74 Å². The number of benzene rings is 1. The summed E-state index contributed by atoms with van der Waals surface area (Å²) in [6.45, 7) is 6.71. The van der Waals surface area contributed by atoms with Crippen LogP contribution in [0.4, 0.5) is 0 Å². The third-order valence-electron chi connectivity index (χ3n) is 4.02. The average molecular weight is 258 g/mol. The van der Waals surface area contributed by atoms with E-state index in [2.05, 4.69) is 24.8 Å². The molecule has 1 heterocycles. The van der Waals surface area contributed by atoms with Crippen molar-refractivity contribution in [2.75, 3.05) is 13.7 Å². The maximum Gasteiger partial charge on any atom is 0.136 e. The van der Waals surface area contributed by atoms with Crippen molar-refractivity contribution in [3.05, 3.63) is 29.3 Å². The smallest absolute Gasteiger partial charge is 0.136 e. The van der Waals surface area contributed by atoms with Gasteiger partial charge in [-0.25, -0.2) is 0 Å². The van der Waals surface area contributed by atoms with E-state index in [0.717, 1.165) is 19.0 Å². The lowest BCUT2D eigenvalue weighted by Gasteiger charge is -2.36. The van der Waals surface area contributed by atoms with Crippen LogP contribution in [0.2, 0.25) is 0 Å². The Labute approximate surface area is 115 Å². The monoisotopic (exact) mass is 258 g/mol. The summed E-state index contributed by atoms with van der Waals surface area (Å²) in [5.41, 5.74) is 1.82. The first-order valence-corrected chi connectivity index (χ1v) is 6.95. The van der Waals surface area contributed by atoms with Crippen LogP contribution in [-0.2, 0) is 6.54 Å². The van der Waals surface area contributed by atoms with Crippen molar-refractivity contribution in [2.24, 2.45) is 5.92 Å². The van der Waals surface area contributed by atoms with Crippen molar-refractivity contribution in [3.63, 3.8) is 0 Å². The highest BCUT2D eigenvalue weighted by Gasteiger charge is 2.22. The van der Waals surface area contributed by atoms with Crippen molar-refractivity contribution in [1.29, 1.82) is 5.26 Å². The predicted octanol–water partition coefficient (Wildman–Crippen LogP) is 3.19. The fourth-order valence-electron chi connectivity index (χ4n) is 2.76. The minimum atomic E-state index is 0.603. The average Bonchev–Trinajstić information content (AvgIpc) is 2.42. The first-order valence-electron chi connectivity index (χ1n) is 6.95. The molecule has 102 valence electrons. The van der Waals surface area contributed by atoms with E-state index in [0.29, 0.717) is 17.4 Å². The van der Waals surface area contributed by atoms with Crippen LogP contribution in [-0.4, -0.2) is 24.6 Å². The highest BCUT2D eigenvalue weighted by atomic mass is 16.5. The maximum absolute atomic E-state index is 9.00. The molecule has 1 aliphatic rings. The van der Waals surface area contributed by atoms with E-state index in [1.165, 1.54) is 18.4 Å². The van der Waals surface area contributed by atoms with Crippen molar-refractivity contribution < 1.29 is 4.74 Å². The zero-order valence-corrected chi connectivity index (χ0v) is 12.0. The fraction of sp³-hybridized carbons (Fsp3) is 0.562. The molecule has 0 aromatic heterocycles. The molecule has 2 unspecified atom stereocenters. The Morgan fingerprint density at radius 2 is 2.16 bits per heavy atom. The second-order valence-electron chi connectivity index (χ2n) is 5.61. The molecule has 1 aromatic rings. The van der Waals surface area contributed by atoms with Gasteiger partial charge in [-0.1, -0.05) is 13.0 Å². The second-order valence-corrected chi connectivity index (χ2v) is 5.61. The molecule has 1 aromatic carbocycles.